The first-order valence-corrected chi connectivity index (χ1v) is 7.07. The van der Waals surface area contributed by atoms with Gasteiger partial charge in [-0.3, -0.25) is 0 Å². The normalized spacial score (nSPS) is 19.1. The molecule has 1 saturated heterocycles. The quantitative estimate of drug-likeness (QED) is 0.901. The average Bonchev–Trinajstić information content (AvgIpc) is 2.48. The summed E-state index contributed by atoms with van der Waals surface area (Å²) in [6.45, 7) is 4.97. The van der Waals surface area contributed by atoms with E-state index < -0.39 is 0 Å². The van der Waals surface area contributed by atoms with Crippen LogP contribution >= 0.6 is 0 Å². The van der Waals surface area contributed by atoms with E-state index in [1.165, 1.54) is 0 Å². The predicted octanol–water partition coefficient (Wildman–Crippen LogP) is 3.29. The molecule has 3 rings (SSSR count). The van der Waals surface area contributed by atoms with E-state index in [9.17, 15) is 4.39 Å². The summed E-state index contributed by atoms with van der Waals surface area (Å²) in [6, 6.07) is 15.7. The van der Waals surface area contributed by atoms with Gasteiger partial charge in [-0.25, -0.2) is 4.39 Å². The molecule has 2 aromatic carbocycles. The number of nitrogens with one attached hydrogen (secondary N) is 1. The van der Waals surface area contributed by atoms with Crippen molar-refractivity contribution in [3.05, 3.63) is 54.3 Å². The SMILES string of the molecule is C[C@H]1CNCCN1c1cc(F)cc(-c2ccccc2)c1. The molecule has 1 atom stereocenters. The third-order valence-electron chi connectivity index (χ3n) is 3.82. The second kappa shape index (κ2) is 5.63. The molecule has 0 unspecified atom stereocenters. The summed E-state index contributed by atoms with van der Waals surface area (Å²) < 4.78 is 14.0. The first-order chi connectivity index (χ1) is 9.74. The number of benzene rings is 2. The smallest absolute Gasteiger partial charge is 0.125 e. The van der Waals surface area contributed by atoms with Crippen LogP contribution in [-0.4, -0.2) is 25.7 Å². The topological polar surface area (TPSA) is 15.3 Å². The Kier molecular flexibility index (Phi) is 3.70. The van der Waals surface area contributed by atoms with Crippen molar-refractivity contribution in [1.29, 1.82) is 0 Å². The number of anilines is 1. The zero-order chi connectivity index (χ0) is 13.9. The molecule has 0 radical (unpaired) electrons. The third kappa shape index (κ3) is 2.68. The molecule has 3 heteroatoms. The molecule has 1 aliphatic heterocycles. The van der Waals surface area contributed by atoms with Crippen LogP contribution in [0.3, 0.4) is 0 Å². The molecular weight excluding hydrogens is 251 g/mol. The molecule has 1 fully saturated rings. The zero-order valence-corrected chi connectivity index (χ0v) is 11.6. The van der Waals surface area contributed by atoms with Crippen molar-refractivity contribution >= 4 is 5.69 Å². The van der Waals surface area contributed by atoms with Crippen molar-refractivity contribution in [3.63, 3.8) is 0 Å². The highest BCUT2D eigenvalue weighted by atomic mass is 19.1. The maximum Gasteiger partial charge on any atom is 0.125 e. The molecular formula is C17H19FN2. The first-order valence-electron chi connectivity index (χ1n) is 7.07. The summed E-state index contributed by atoms with van der Waals surface area (Å²) in [7, 11) is 0. The molecule has 2 aromatic rings. The molecule has 0 aliphatic carbocycles. The monoisotopic (exact) mass is 270 g/mol. The summed E-state index contributed by atoms with van der Waals surface area (Å²) in [6.07, 6.45) is 0. The highest BCUT2D eigenvalue weighted by molar-refractivity contribution is 5.69. The van der Waals surface area contributed by atoms with Crippen molar-refractivity contribution in [2.24, 2.45) is 0 Å². The van der Waals surface area contributed by atoms with Crippen molar-refractivity contribution in [2.75, 3.05) is 24.5 Å². The summed E-state index contributed by atoms with van der Waals surface area (Å²) in [5.74, 6) is -0.174. The van der Waals surface area contributed by atoms with Gasteiger partial charge < -0.3 is 10.2 Å². The van der Waals surface area contributed by atoms with Crippen molar-refractivity contribution in [1.82, 2.24) is 5.32 Å². The van der Waals surface area contributed by atoms with Crippen LogP contribution in [0.2, 0.25) is 0 Å². The number of hydrogen-bond donors (Lipinski definition) is 1. The molecule has 0 amide bonds. The molecule has 1 aliphatic rings. The number of halogens is 1. The fourth-order valence-electron chi connectivity index (χ4n) is 2.76. The van der Waals surface area contributed by atoms with Crippen molar-refractivity contribution in [3.8, 4) is 11.1 Å². The Morgan fingerprint density at radius 1 is 1.10 bits per heavy atom. The lowest BCUT2D eigenvalue weighted by Gasteiger charge is -2.36. The molecule has 0 spiro atoms. The third-order valence-corrected chi connectivity index (χ3v) is 3.82. The average molecular weight is 270 g/mol. The Bertz CT molecular complexity index is 583. The minimum atomic E-state index is -0.174. The number of rotatable bonds is 2. The van der Waals surface area contributed by atoms with Crippen molar-refractivity contribution < 1.29 is 4.39 Å². The van der Waals surface area contributed by atoms with E-state index in [1.807, 2.05) is 30.3 Å². The molecule has 1 heterocycles. The Labute approximate surface area is 119 Å². The molecule has 0 aromatic heterocycles. The van der Waals surface area contributed by atoms with Crippen LogP contribution in [0.15, 0.2) is 48.5 Å². The lowest BCUT2D eigenvalue weighted by molar-refractivity contribution is 0.499. The first kappa shape index (κ1) is 13.1. The van der Waals surface area contributed by atoms with Crippen LogP contribution in [0.25, 0.3) is 11.1 Å². The highest BCUT2D eigenvalue weighted by Gasteiger charge is 2.19. The van der Waals surface area contributed by atoms with E-state index in [1.54, 1.807) is 12.1 Å². The van der Waals surface area contributed by atoms with Crippen molar-refractivity contribution in [2.45, 2.75) is 13.0 Å². The van der Waals surface area contributed by atoms with Gasteiger partial charge in [0.05, 0.1) is 0 Å². The van der Waals surface area contributed by atoms with E-state index >= 15 is 0 Å². The summed E-state index contributed by atoms with van der Waals surface area (Å²) in [5, 5.41) is 3.36. The second-order valence-corrected chi connectivity index (χ2v) is 5.31. The molecule has 1 N–H and O–H groups in total. The van der Waals surface area contributed by atoms with Gasteiger partial charge in [0.25, 0.3) is 0 Å². The Morgan fingerprint density at radius 3 is 2.65 bits per heavy atom. The summed E-state index contributed by atoms with van der Waals surface area (Å²) in [4.78, 5) is 2.27. The van der Waals surface area contributed by atoms with Gasteiger partial charge in [0.15, 0.2) is 0 Å². The Morgan fingerprint density at radius 2 is 1.90 bits per heavy atom. The number of nitrogens with zero attached hydrogens (tertiary/aromatic N) is 1. The zero-order valence-electron chi connectivity index (χ0n) is 11.6. The van der Waals surface area contributed by atoms with Crippen LogP contribution < -0.4 is 10.2 Å². The van der Waals surface area contributed by atoms with Crippen LogP contribution in [0.1, 0.15) is 6.92 Å². The van der Waals surface area contributed by atoms with Crippen LogP contribution in [0.5, 0.6) is 0 Å². The van der Waals surface area contributed by atoms with E-state index in [4.69, 9.17) is 0 Å². The second-order valence-electron chi connectivity index (χ2n) is 5.31. The predicted molar refractivity (Wildman–Crippen MR) is 81.5 cm³/mol. The largest absolute Gasteiger partial charge is 0.366 e. The minimum absolute atomic E-state index is 0.174. The van der Waals surface area contributed by atoms with Gasteiger partial charge >= 0.3 is 0 Å². The van der Waals surface area contributed by atoms with Crippen LogP contribution in [-0.2, 0) is 0 Å². The van der Waals surface area contributed by atoms with E-state index in [0.29, 0.717) is 6.04 Å². The minimum Gasteiger partial charge on any atom is -0.366 e. The molecule has 104 valence electrons. The van der Waals surface area contributed by atoms with Crippen LogP contribution in [0.4, 0.5) is 10.1 Å². The van der Waals surface area contributed by atoms with E-state index in [0.717, 1.165) is 36.4 Å². The lowest BCUT2D eigenvalue weighted by atomic mass is 10.0. The maximum absolute atomic E-state index is 14.0. The standard InChI is InChI=1S/C17H19FN2/c1-13-12-19-7-8-20(13)17-10-15(9-16(18)11-17)14-5-3-2-4-6-14/h2-6,9-11,13,19H,7-8,12H2,1H3/t13-/m0/s1. The van der Waals surface area contributed by atoms with Gasteiger partial charge in [-0.1, -0.05) is 30.3 Å². The van der Waals surface area contributed by atoms with E-state index in [-0.39, 0.29) is 5.82 Å². The Balaban J connectivity index is 1.98. The number of hydrogen-bond acceptors (Lipinski definition) is 2. The van der Waals surface area contributed by atoms with Gasteiger partial charge in [-0.15, -0.1) is 0 Å². The van der Waals surface area contributed by atoms with Gasteiger partial charge in [-0.05, 0) is 36.2 Å². The van der Waals surface area contributed by atoms with Crippen LogP contribution in [0, 0.1) is 5.82 Å². The van der Waals surface area contributed by atoms with Gasteiger partial charge in [0.1, 0.15) is 5.82 Å². The Hall–Kier alpha value is -1.87. The highest BCUT2D eigenvalue weighted by Crippen LogP contribution is 2.27. The maximum atomic E-state index is 14.0. The fraction of sp³-hybridized carbons (Fsp3) is 0.294. The van der Waals surface area contributed by atoms with Gasteiger partial charge in [0.2, 0.25) is 0 Å². The number of piperazine rings is 1. The van der Waals surface area contributed by atoms with Gasteiger partial charge in [0, 0.05) is 31.4 Å². The molecule has 0 saturated carbocycles. The van der Waals surface area contributed by atoms with E-state index in [2.05, 4.69) is 23.2 Å². The molecule has 2 nitrogen and oxygen atoms in total. The lowest BCUT2D eigenvalue weighted by Crippen LogP contribution is -2.49. The molecule has 0 bridgehead atoms. The fourth-order valence-corrected chi connectivity index (χ4v) is 2.76. The van der Waals surface area contributed by atoms with Gasteiger partial charge in [-0.2, -0.15) is 0 Å². The summed E-state index contributed by atoms with van der Waals surface area (Å²) in [5.41, 5.74) is 2.96. The summed E-state index contributed by atoms with van der Waals surface area (Å²) >= 11 is 0. The molecule has 20 heavy (non-hydrogen) atoms.